The van der Waals surface area contributed by atoms with Crippen molar-refractivity contribution in [3.05, 3.63) is 0 Å². The van der Waals surface area contributed by atoms with Gasteiger partial charge in [-0.2, -0.15) is 0 Å². The summed E-state index contributed by atoms with van der Waals surface area (Å²) in [6.07, 6.45) is 2.76. The summed E-state index contributed by atoms with van der Waals surface area (Å²) in [5.74, 6) is 1.67. The smallest absolute Gasteiger partial charge is 0.251 e. The van der Waals surface area contributed by atoms with Crippen LogP contribution in [0.3, 0.4) is 0 Å². The molecule has 3 saturated heterocycles. The highest BCUT2D eigenvalue weighted by Crippen LogP contribution is 2.16. The molecule has 136 valence electrons. The summed E-state index contributed by atoms with van der Waals surface area (Å²) in [7, 11) is 0. The fraction of sp³-hybridized carbons (Fsp3) is 0.882. The number of nitrogens with zero attached hydrogens (tertiary/aromatic N) is 3. The van der Waals surface area contributed by atoms with E-state index in [1.807, 2.05) is 4.90 Å². The molecule has 3 heterocycles. The Labute approximate surface area is 144 Å². The Hall–Kier alpha value is -1.34. The first-order valence-electron chi connectivity index (χ1n) is 9.29. The van der Waals surface area contributed by atoms with Gasteiger partial charge in [0.05, 0.1) is 6.61 Å². The van der Waals surface area contributed by atoms with E-state index in [0.29, 0.717) is 5.92 Å². The molecular formula is C17H30N4O3. The number of aliphatic imine (C=N–C) groups is 1. The molecule has 0 aromatic carbocycles. The van der Waals surface area contributed by atoms with E-state index in [1.54, 1.807) is 0 Å². The number of carbonyl (C=O) groups excluding carboxylic acids is 1. The highest BCUT2D eigenvalue weighted by atomic mass is 16.5. The third kappa shape index (κ3) is 4.39. The number of hydrogen-bond acceptors (Lipinski definition) is 4. The normalized spacial score (nSPS) is 28.5. The van der Waals surface area contributed by atoms with Crippen molar-refractivity contribution in [2.45, 2.75) is 32.3 Å². The first-order chi connectivity index (χ1) is 11.8. The van der Waals surface area contributed by atoms with Crippen LogP contribution in [-0.2, 0) is 14.3 Å². The zero-order chi connectivity index (χ0) is 16.8. The minimum Gasteiger partial charge on any atom is -0.381 e. The van der Waals surface area contributed by atoms with Crippen LogP contribution in [0, 0.1) is 5.92 Å². The van der Waals surface area contributed by atoms with Gasteiger partial charge in [-0.05, 0) is 26.2 Å². The van der Waals surface area contributed by atoms with Gasteiger partial charge < -0.3 is 24.6 Å². The van der Waals surface area contributed by atoms with Crippen LogP contribution < -0.4 is 5.32 Å². The number of guanidine groups is 1. The zero-order valence-corrected chi connectivity index (χ0v) is 14.7. The van der Waals surface area contributed by atoms with Crippen molar-refractivity contribution in [2.75, 3.05) is 59.1 Å². The Morgan fingerprint density at radius 2 is 1.96 bits per heavy atom. The summed E-state index contributed by atoms with van der Waals surface area (Å²) < 4.78 is 10.9. The minimum atomic E-state index is -0.208. The average Bonchev–Trinajstić information content (AvgIpc) is 3.31. The van der Waals surface area contributed by atoms with Crippen molar-refractivity contribution in [1.82, 2.24) is 15.1 Å². The van der Waals surface area contributed by atoms with E-state index in [2.05, 4.69) is 17.1 Å². The van der Waals surface area contributed by atoms with Gasteiger partial charge in [-0.25, -0.2) is 0 Å². The summed E-state index contributed by atoms with van der Waals surface area (Å²) in [6.45, 7) is 9.31. The quantitative estimate of drug-likeness (QED) is 0.590. The summed E-state index contributed by atoms with van der Waals surface area (Å²) in [6, 6.07) is 0. The second kappa shape index (κ2) is 8.67. The highest BCUT2D eigenvalue weighted by molar-refractivity contribution is 5.82. The lowest BCUT2D eigenvalue weighted by Gasteiger charge is -2.37. The van der Waals surface area contributed by atoms with Gasteiger partial charge in [-0.3, -0.25) is 9.79 Å². The maximum Gasteiger partial charge on any atom is 0.251 e. The predicted molar refractivity (Wildman–Crippen MR) is 92.0 cm³/mol. The molecule has 2 atom stereocenters. The first kappa shape index (κ1) is 17.5. The van der Waals surface area contributed by atoms with Crippen LogP contribution in [0.15, 0.2) is 4.99 Å². The number of piperazine rings is 1. The van der Waals surface area contributed by atoms with E-state index in [1.165, 1.54) is 0 Å². The lowest BCUT2D eigenvalue weighted by atomic mass is 10.1. The third-order valence-corrected chi connectivity index (χ3v) is 4.95. The third-order valence-electron chi connectivity index (χ3n) is 4.95. The molecule has 2 unspecified atom stereocenters. The largest absolute Gasteiger partial charge is 0.381 e. The Morgan fingerprint density at radius 3 is 2.58 bits per heavy atom. The minimum absolute atomic E-state index is 0.164. The molecule has 0 aromatic heterocycles. The Kier molecular flexibility index (Phi) is 6.31. The molecule has 3 aliphatic rings. The van der Waals surface area contributed by atoms with Crippen LogP contribution in [-0.4, -0.2) is 86.9 Å². The number of nitrogens with one attached hydrogen (secondary N) is 1. The van der Waals surface area contributed by atoms with Crippen molar-refractivity contribution in [3.8, 4) is 0 Å². The van der Waals surface area contributed by atoms with E-state index >= 15 is 0 Å². The first-order valence-corrected chi connectivity index (χ1v) is 9.29. The van der Waals surface area contributed by atoms with E-state index in [0.717, 1.165) is 84.3 Å². The standard InChI is InChI=1S/C17H30N4O3/c1-2-18-17(19-12-14-5-11-23-13-14)21-8-6-20(7-9-21)16(22)15-4-3-10-24-15/h14-15H,2-13H2,1H3,(H,18,19). The molecule has 1 N–H and O–H groups in total. The topological polar surface area (TPSA) is 66.4 Å². The van der Waals surface area contributed by atoms with E-state index in [-0.39, 0.29) is 12.0 Å². The lowest BCUT2D eigenvalue weighted by molar-refractivity contribution is -0.142. The van der Waals surface area contributed by atoms with Crippen molar-refractivity contribution < 1.29 is 14.3 Å². The Bertz CT molecular complexity index is 437. The Balaban J connectivity index is 1.50. The van der Waals surface area contributed by atoms with Gasteiger partial charge in [0.2, 0.25) is 0 Å². The van der Waals surface area contributed by atoms with Gasteiger partial charge in [0.25, 0.3) is 5.91 Å². The summed E-state index contributed by atoms with van der Waals surface area (Å²) in [5.41, 5.74) is 0. The average molecular weight is 338 g/mol. The van der Waals surface area contributed by atoms with E-state index < -0.39 is 0 Å². The molecule has 3 fully saturated rings. The lowest BCUT2D eigenvalue weighted by Crippen LogP contribution is -2.55. The number of amides is 1. The van der Waals surface area contributed by atoms with Crippen molar-refractivity contribution in [1.29, 1.82) is 0 Å². The summed E-state index contributed by atoms with van der Waals surface area (Å²) in [5, 5.41) is 3.38. The number of rotatable bonds is 4. The van der Waals surface area contributed by atoms with Crippen LogP contribution >= 0.6 is 0 Å². The van der Waals surface area contributed by atoms with E-state index in [9.17, 15) is 4.79 Å². The highest BCUT2D eigenvalue weighted by Gasteiger charge is 2.31. The molecule has 0 aromatic rings. The van der Waals surface area contributed by atoms with Crippen LogP contribution in [0.25, 0.3) is 0 Å². The predicted octanol–water partition coefficient (Wildman–Crippen LogP) is 0.312. The molecule has 0 spiro atoms. The molecule has 0 saturated carbocycles. The van der Waals surface area contributed by atoms with Crippen LogP contribution in [0.2, 0.25) is 0 Å². The van der Waals surface area contributed by atoms with Crippen molar-refractivity contribution in [2.24, 2.45) is 10.9 Å². The van der Waals surface area contributed by atoms with Gasteiger partial charge >= 0.3 is 0 Å². The number of ether oxygens (including phenoxy) is 2. The molecule has 7 nitrogen and oxygen atoms in total. The van der Waals surface area contributed by atoms with Gasteiger partial charge in [0.1, 0.15) is 6.10 Å². The molecule has 0 radical (unpaired) electrons. The number of hydrogen-bond donors (Lipinski definition) is 1. The van der Waals surface area contributed by atoms with Gasteiger partial charge in [0.15, 0.2) is 5.96 Å². The van der Waals surface area contributed by atoms with Gasteiger partial charge in [-0.1, -0.05) is 0 Å². The van der Waals surface area contributed by atoms with Gasteiger partial charge in [-0.15, -0.1) is 0 Å². The zero-order valence-electron chi connectivity index (χ0n) is 14.7. The molecule has 24 heavy (non-hydrogen) atoms. The molecular weight excluding hydrogens is 308 g/mol. The molecule has 3 rings (SSSR count). The number of carbonyl (C=O) groups is 1. The maximum absolute atomic E-state index is 12.4. The van der Waals surface area contributed by atoms with Crippen molar-refractivity contribution >= 4 is 11.9 Å². The molecule has 1 amide bonds. The molecule has 0 aliphatic carbocycles. The SMILES string of the molecule is CCNC(=NCC1CCOC1)N1CCN(C(=O)C2CCCO2)CC1. The Morgan fingerprint density at radius 1 is 1.17 bits per heavy atom. The second-order valence-electron chi connectivity index (χ2n) is 6.74. The van der Waals surface area contributed by atoms with Crippen LogP contribution in [0.5, 0.6) is 0 Å². The second-order valence-corrected chi connectivity index (χ2v) is 6.74. The monoisotopic (exact) mass is 338 g/mol. The fourth-order valence-electron chi connectivity index (χ4n) is 3.48. The molecule has 3 aliphatic heterocycles. The summed E-state index contributed by atoms with van der Waals surface area (Å²) in [4.78, 5) is 21.4. The maximum atomic E-state index is 12.4. The fourth-order valence-corrected chi connectivity index (χ4v) is 3.48. The molecule has 7 heteroatoms. The van der Waals surface area contributed by atoms with E-state index in [4.69, 9.17) is 14.5 Å². The van der Waals surface area contributed by atoms with Crippen molar-refractivity contribution in [3.63, 3.8) is 0 Å². The molecule has 0 bridgehead atoms. The van der Waals surface area contributed by atoms with Crippen LogP contribution in [0.1, 0.15) is 26.2 Å². The van der Waals surface area contributed by atoms with Gasteiger partial charge in [0, 0.05) is 58.4 Å². The van der Waals surface area contributed by atoms with Crippen LogP contribution in [0.4, 0.5) is 0 Å². The summed E-state index contributed by atoms with van der Waals surface area (Å²) >= 11 is 0.